The molecule has 0 atom stereocenters. The average Bonchev–Trinajstić information content (AvgIpc) is 2.18. The van der Waals surface area contributed by atoms with E-state index in [-0.39, 0.29) is 5.82 Å². The molecular formula is C13H18F2. The van der Waals surface area contributed by atoms with Crippen molar-refractivity contribution in [1.29, 1.82) is 0 Å². The highest BCUT2D eigenvalue weighted by Gasteiger charge is 2.14. The minimum absolute atomic E-state index is 0.371. The van der Waals surface area contributed by atoms with Gasteiger partial charge in [-0.15, -0.1) is 0 Å². The summed E-state index contributed by atoms with van der Waals surface area (Å²) in [6, 6.07) is 2.43. The zero-order valence-electron chi connectivity index (χ0n) is 9.45. The predicted octanol–water partition coefficient (Wildman–Crippen LogP) is 4.26. The lowest BCUT2D eigenvalue weighted by molar-refractivity contribution is 0.548. The summed E-state index contributed by atoms with van der Waals surface area (Å²) < 4.78 is 25.8. The molecule has 0 saturated heterocycles. The lowest BCUT2D eigenvalue weighted by atomic mass is 9.91. The first kappa shape index (κ1) is 12.2. The van der Waals surface area contributed by atoms with Gasteiger partial charge < -0.3 is 0 Å². The Kier molecular flexibility index (Phi) is 4.73. The van der Waals surface area contributed by atoms with E-state index in [0.29, 0.717) is 0 Å². The third-order valence-electron chi connectivity index (χ3n) is 2.38. The van der Waals surface area contributed by atoms with Gasteiger partial charge in [0.1, 0.15) is 11.6 Å². The molecule has 0 unspecified atom stereocenters. The van der Waals surface area contributed by atoms with Gasteiger partial charge in [0, 0.05) is 6.07 Å². The number of fused-ring (bicyclic) bond motifs is 1. The Bertz CT molecular complexity index is 319. The van der Waals surface area contributed by atoms with E-state index in [1.54, 1.807) is 0 Å². The summed E-state index contributed by atoms with van der Waals surface area (Å²) in [7, 11) is 0. The van der Waals surface area contributed by atoms with E-state index in [1.165, 1.54) is 12.5 Å². The van der Waals surface area contributed by atoms with Crippen LogP contribution in [0.2, 0.25) is 0 Å². The molecular weight excluding hydrogens is 194 g/mol. The first-order valence-electron chi connectivity index (χ1n) is 5.65. The van der Waals surface area contributed by atoms with Gasteiger partial charge in [0.2, 0.25) is 0 Å². The lowest BCUT2D eigenvalue weighted by Crippen LogP contribution is -2.05. The topological polar surface area (TPSA) is 0 Å². The molecule has 0 aromatic heterocycles. The van der Waals surface area contributed by atoms with Crippen LogP contribution >= 0.6 is 0 Å². The molecule has 2 rings (SSSR count). The van der Waals surface area contributed by atoms with Crippen molar-refractivity contribution in [1.82, 2.24) is 0 Å². The number of aryl methyl sites for hydroxylation is 1. The van der Waals surface area contributed by atoms with Crippen LogP contribution < -0.4 is 0 Å². The van der Waals surface area contributed by atoms with E-state index < -0.39 is 5.82 Å². The third kappa shape index (κ3) is 3.29. The van der Waals surface area contributed by atoms with Crippen LogP contribution in [0.25, 0.3) is 0 Å². The smallest absolute Gasteiger partial charge is 0.129 e. The van der Waals surface area contributed by atoms with Gasteiger partial charge in [-0.05, 0) is 42.9 Å². The molecule has 1 aromatic carbocycles. The van der Waals surface area contributed by atoms with Crippen LogP contribution in [-0.2, 0) is 12.8 Å². The van der Waals surface area contributed by atoms with Gasteiger partial charge in [0.15, 0.2) is 0 Å². The molecule has 1 aliphatic rings. The molecule has 0 fully saturated rings. The van der Waals surface area contributed by atoms with Crippen molar-refractivity contribution in [2.75, 3.05) is 0 Å². The standard InChI is InChI=1S/C10H10F2.C3H8/c11-8-5-7-3-1-2-4-9(7)10(12)6-8;1-3-2/h5-6H,1-4H2;3H2,1-2H3. The highest BCUT2D eigenvalue weighted by molar-refractivity contribution is 5.31. The van der Waals surface area contributed by atoms with Crippen molar-refractivity contribution in [2.45, 2.75) is 46.0 Å². The quantitative estimate of drug-likeness (QED) is 0.602. The Morgan fingerprint density at radius 1 is 1.07 bits per heavy atom. The Balaban J connectivity index is 0.000000337. The number of benzene rings is 1. The fourth-order valence-electron chi connectivity index (χ4n) is 1.78. The molecule has 0 bridgehead atoms. The molecule has 0 aliphatic heterocycles. The fraction of sp³-hybridized carbons (Fsp3) is 0.538. The van der Waals surface area contributed by atoms with Crippen LogP contribution in [0, 0.1) is 11.6 Å². The maximum atomic E-state index is 13.1. The van der Waals surface area contributed by atoms with Crippen LogP contribution in [0.3, 0.4) is 0 Å². The van der Waals surface area contributed by atoms with Crippen molar-refractivity contribution < 1.29 is 8.78 Å². The van der Waals surface area contributed by atoms with Gasteiger partial charge in [0.25, 0.3) is 0 Å². The summed E-state index contributed by atoms with van der Waals surface area (Å²) in [5.74, 6) is -0.821. The normalized spacial score (nSPS) is 13.9. The third-order valence-corrected chi connectivity index (χ3v) is 2.38. The average molecular weight is 212 g/mol. The molecule has 15 heavy (non-hydrogen) atoms. The molecule has 84 valence electrons. The molecule has 0 N–H and O–H groups in total. The number of hydrogen-bond donors (Lipinski definition) is 0. The van der Waals surface area contributed by atoms with Gasteiger partial charge in [0.05, 0.1) is 0 Å². The Morgan fingerprint density at radius 2 is 1.67 bits per heavy atom. The van der Waals surface area contributed by atoms with Crippen LogP contribution in [0.1, 0.15) is 44.2 Å². The molecule has 0 spiro atoms. The summed E-state index contributed by atoms with van der Waals surface area (Å²) in [6.07, 6.45) is 4.91. The van der Waals surface area contributed by atoms with E-state index in [1.807, 2.05) is 0 Å². The first-order chi connectivity index (χ1) is 7.19. The van der Waals surface area contributed by atoms with Gasteiger partial charge in [-0.2, -0.15) is 0 Å². The summed E-state index contributed by atoms with van der Waals surface area (Å²) in [5, 5.41) is 0. The minimum Gasteiger partial charge on any atom is -0.207 e. The second kappa shape index (κ2) is 5.84. The summed E-state index contributed by atoms with van der Waals surface area (Å²) >= 11 is 0. The Labute approximate surface area is 90.3 Å². The second-order valence-corrected chi connectivity index (χ2v) is 3.94. The van der Waals surface area contributed by atoms with Crippen LogP contribution in [0.15, 0.2) is 12.1 Å². The van der Waals surface area contributed by atoms with Gasteiger partial charge in [-0.25, -0.2) is 8.78 Å². The molecule has 0 saturated carbocycles. The van der Waals surface area contributed by atoms with Crippen LogP contribution in [0.4, 0.5) is 8.78 Å². The first-order valence-corrected chi connectivity index (χ1v) is 5.65. The SMILES string of the molecule is CCC.Fc1cc(F)c2c(c1)CCCC2. The monoisotopic (exact) mass is 212 g/mol. The largest absolute Gasteiger partial charge is 0.207 e. The number of rotatable bonds is 0. The van der Waals surface area contributed by atoms with E-state index >= 15 is 0 Å². The van der Waals surface area contributed by atoms with Crippen LogP contribution in [0.5, 0.6) is 0 Å². The predicted molar refractivity (Wildman–Crippen MR) is 59.0 cm³/mol. The minimum atomic E-state index is -0.451. The van der Waals surface area contributed by atoms with Crippen molar-refractivity contribution >= 4 is 0 Å². The molecule has 0 heterocycles. The van der Waals surface area contributed by atoms with Gasteiger partial charge in [-0.1, -0.05) is 20.3 Å². The maximum absolute atomic E-state index is 13.1. The molecule has 0 nitrogen and oxygen atoms in total. The van der Waals surface area contributed by atoms with E-state index in [4.69, 9.17) is 0 Å². The Morgan fingerprint density at radius 3 is 2.33 bits per heavy atom. The summed E-state index contributed by atoms with van der Waals surface area (Å²) in [4.78, 5) is 0. The van der Waals surface area contributed by atoms with E-state index in [2.05, 4.69) is 13.8 Å². The molecule has 1 aromatic rings. The van der Waals surface area contributed by atoms with Gasteiger partial charge >= 0.3 is 0 Å². The Hall–Kier alpha value is -0.920. The van der Waals surface area contributed by atoms with E-state index in [0.717, 1.165) is 42.9 Å². The number of hydrogen-bond acceptors (Lipinski definition) is 0. The van der Waals surface area contributed by atoms with Gasteiger partial charge in [-0.3, -0.25) is 0 Å². The summed E-state index contributed by atoms with van der Waals surface area (Å²) in [6.45, 7) is 4.25. The lowest BCUT2D eigenvalue weighted by Gasteiger charge is -2.15. The van der Waals surface area contributed by atoms with E-state index in [9.17, 15) is 8.78 Å². The molecule has 0 radical (unpaired) electrons. The van der Waals surface area contributed by atoms with Crippen molar-refractivity contribution in [2.24, 2.45) is 0 Å². The van der Waals surface area contributed by atoms with Crippen molar-refractivity contribution in [3.05, 3.63) is 34.9 Å². The highest BCUT2D eigenvalue weighted by atomic mass is 19.1. The zero-order valence-corrected chi connectivity index (χ0v) is 9.45. The second-order valence-electron chi connectivity index (χ2n) is 3.94. The van der Waals surface area contributed by atoms with Crippen molar-refractivity contribution in [3.63, 3.8) is 0 Å². The maximum Gasteiger partial charge on any atom is 0.129 e. The summed E-state index contributed by atoms with van der Waals surface area (Å²) in [5.41, 5.74) is 1.58. The van der Waals surface area contributed by atoms with Crippen LogP contribution in [-0.4, -0.2) is 0 Å². The molecule has 0 amide bonds. The fourth-order valence-corrected chi connectivity index (χ4v) is 1.78. The molecule has 2 heteroatoms. The number of halogens is 2. The molecule has 1 aliphatic carbocycles. The van der Waals surface area contributed by atoms with Crippen molar-refractivity contribution in [3.8, 4) is 0 Å². The zero-order chi connectivity index (χ0) is 11.3. The highest BCUT2D eigenvalue weighted by Crippen LogP contribution is 2.24.